The van der Waals surface area contributed by atoms with E-state index in [1.165, 1.54) is 12.3 Å². The topological polar surface area (TPSA) is 76.8 Å². The third-order valence-electron chi connectivity index (χ3n) is 5.10. The van der Waals surface area contributed by atoms with Crippen molar-refractivity contribution in [2.24, 2.45) is 5.73 Å². The predicted molar refractivity (Wildman–Crippen MR) is 113 cm³/mol. The molecule has 0 aliphatic rings. The molecule has 5 nitrogen and oxygen atoms in total. The summed E-state index contributed by atoms with van der Waals surface area (Å²) in [5.74, 6) is -0.824. The minimum Gasteiger partial charge on any atom is -0.490 e. The molecule has 4 rings (SSSR count). The van der Waals surface area contributed by atoms with Crippen LogP contribution in [0.25, 0.3) is 22.0 Å². The average Bonchev–Trinajstić information content (AvgIpc) is 3.13. The minimum atomic E-state index is -4.76. The molecule has 0 bridgehead atoms. The van der Waals surface area contributed by atoms with Crippen LogP contribution in [-0.4, -0.2) is 27.8 Å². The second kappa shape index (κ2) is 8.58. The zero-order valence-electron chi connectivity index (χ0n) is 17.1. The first kappa shape index (κ1) is 21.8. The molecule has 0 radical (unpaired) electrons. The van der Waals surface area contributed by atoms with Crippen LogP contribution in [-0.2, 0) is 12.6 Å². The van der Waals surface area contributed by atoms with Crippen molar-refractivity contribution in [2.75, 3.05) is 6.61 Å². The van der Waals surface area contributed by atoms with Crippen LogP contribution in [0.15, 0.2) is 54.9 Å². The third kappa shape index (κ3) is 4.72. The van der Waals surface area contributed by atoms with Gasteiger partial charge in [0.25, 0.3) is 0 Å². The lowest BCUT2D eigenvalue weighted by molar-refractivity contribution is -0.140. The van der Waals surface area contributed by atoms with E-state index < -0.39 is 23.6 Å². The number of H-pyrrole nitrogens is 1. The first-order valence-corrected chi connectivity index (χ1v) is 9.85. The number of rotatable bonds is 6. The monoisotopic (exact) mass is 444 g/mol. The number of nitrogens with zero attached hydrogens (tertiary/aromatic N) is 2. The van der Waals surface area contributed by atoms with Gasteiger partial charge in [0.1, 0.15) is 18.2 Å². The Morgan fingerprint density at radius 3 is 2.66 bits per heavy atom. The van der Waals surface area contributed by atoms with E-state index in [1.54, 1.807) is 6.20 Å². The highest BCUT2D eigenvalue weighted by Gasteiger charge is 2.34. The maximum atomic E-state index is 13.5. The second-order valence-corrected chi connectivity index (χ2v) is 7.57. The van der Waals surface area contributed by atoms with E-state index in [4.69, 9.17) is 10.5 Å². The fraction of sp³-hybridized carbons (Fsp3) is 0.217. The minimum absolute atomic E-state index is 0.0593. The summed E-state index contributed by atoms with van der Waals surface area (Å²) >= 11 is 0. The van der Waals surface area contributed by atoms with Crippen LogP contribution in [0.3, 0.4) is 0 Å². The molecule has 166 valence electrons. The number of hydrogen-bond donors (Lipinski definition) is 2. The Bertz CT molecular complexity index is 1250. The van der Waals surface area contributed by atoms with Crippen molar-refractivity contribution < 1.29 is 22.3 Å². The number of aromatic amines is 1. The number of fused-ring (bicyclic) bond motifs is 1. The fourth-order valence-electron chi connectivity index (χ4n) is 3.46. The van der Waals surface area contributed by atoms with Crippen LogP contribution in [0.4, 0.5) is 17.6 Å². The van der Waals surface area contributed by atoms with Crippen LogP contribution >= 0.6 is 0 Å². The Kier molecular flexibility index (Phi) is 5.84. The van der Waals surface area contributed by atoms with Gasteiger partial charge in [0, 0.05) is 23.2 Å². The molecule has 32 heavy (non-hydrogen) atoms. The first-order chi connectivity index (χ1) is 15.2. The molecule has 0 aliphatic heterocycles. The quantitative estimate of drug-likeness (QED) is 0.409. The van der Waals surface area contributed by atoms with Gasteiger partial charge in [-0.05, 0) is 54.8 Å². The molecule has 4 aromatic rings. The number of halogens is 4. The molecular weight excluding hydrogens is 424 g/mol. The Labute approximate surface area is 181 Å². The van der Waals surface area contributed by atoms with E-state index in [0.717, 1.165) is 39.9 Å². The zero-order chi connectivity index (χ0) is 22.9. The van der Waals surface area contributed by atoms with Gasteiger partial charge in [-0.25, -0.2) is 4.39 Å². The maximum Gasteiger partial charge on any atom is 0.419 e. The highest BCUT2D eigenvalue weighted by Crippen LogP contribution is 2.32. The van der Waals surface area contributed by atoms with E-state index in [1.807, 2.05) is 31.2 Å². The predicted octanol–water partition coefficient (Wildman–Crippen LogP) is 5.04. The van der Waals surface area contributed by atoms with Gasteiger partial charge in [-0.3, -0.25) is 10.1 Å². The third-order valence-corrected chi connectivity index (χ3v) is 5.10. The van der Waals surface area contributed by atoms with Gasteiger partial charge in [-0.2, -0.15) is 18.3 Å². The van der Waals surface area contributed by atoms with Gasteiger partial charge in [0.15, 0.2) is 0 Å². The normalized spacial score (nSPS) is 12.8. The Balaban J connectivity index is 1.43. The number of nitrogens with two attached hydrogens (primary N) is 1. The van der Waals surface area contributed by atoms with Crippen molar-refractivity contribution >= 4 is 10.9 Å². The van der Waals surface area contributed by atoms with Crippen molar-refractivity contribution in [1.29, 1.82) is 0 Å². The highest BCUT2D eigenvalue weighted by atomic mass is 19.4. The zero-order valence-corrected chi connectivity index (χ0v) is 17.1. The van der Waals surface area contributed by atoms with Gasteiger partial charge < -0.3 is 10.5 Å². The summed E-state index contributed by atoms with van der Waals surface area (Å²) in [4.78, 5) is 4.21. The maximum absolute atomic E-state index is 13.5. The molecule has 2 aromatic carbocycles. The lowest BCUT2D eigenvalue weighted by atomic mass is 10.0. The van der Waals surface area contributed by atoms with Crippen molar-refractivity contribution in [3.63, 3.8) is 0 Å². The number of hydrogen-bond acceptors (Lipinski definition) is 4. The lowest BCUT2D eigenvalue weighted by Gasteiger charge is -2.15. The van der Waals surface area contributed by atoms with E-state index in [-0.39, 0.29) is 18.6 Å². The molecule has 3 N–H and O–H groups in total. The van der Waals surface area contributed by atoms with Crippen molar-refractivity contribution in [2.45, 2.75) is 25.6 Å². The number of alkyl halides is 3. The van der Waals surface area contributed by atoms with Crippen molar-refractivity contribution in [3.8, 4) is 16.9 Å². The van der Waals surface area contributed by atoms with Crippen LogP contribution < -0.4 is 10.5 Å². The molecule has 2 heterocycles. The van der Waals surface area contributed by atoms with E-state index >= 15 is 0 Å². The average molecular weight is 444 g/mol. The standard InChI is InChI=1S/C23H20F4N4O/c1-13-19-9-15(3-5-22(19)31-30-13)16-8-18(11-29-10-16)32-12-17(28)6-14-2-4-21(24)20(7-14)23(25,26)27/h2-5,7-11,17H,6,12,28H2,1H3,(H,30,31)/t17-/m0/s1. The van der Waals surface area contributed by atoms with Crippen LogP contribution in [0.5, 0.6) is 5.75 Å². The van der Waals surface area contributed by atoms with Gasteiger partial charge in [-0.15, -0.1) is 0 Å². The smallest absolute Gasteiger partial charge is 0.419 e. The van der Waals surface area contributed by atoms with Crippen molar-refractivity contribution in [3.05, 3.63) is 77.5 Å². The summed E-state index contributed by atoms with van der Waals surface area (Å²) < 4.78 is 57.9. The molecule has 0 unspecified atom stereocenters. The molecular formula is C23H20F4N4O. The lowest BCUT2D eigenvalue weighted by Crippen LogP contribution is -2.30. The first-order valence-electron chi connectivity index (χ1n) is 9.85. The summed E-state index contributed by atoms with van der Waals surface area (Å²) in [6, 6.07) is 9.99. The van der Waals surface area contributed by atoms with Gasteiger partial charge in [-0.1, -0.05) is 12.1 Å². The molecule has 0 aliphatic carbocycles. The molecule has 0 spiro atoms. The van der Waals surface area contributed by atoms with E-state index in [0.29, 0.717) is 5.75 Å². The Morgan fingerprint density at radius 2 is 1.88 bits per heavy atom. The van der Waals surface area contributed by atoms with Crippen molar-refractivity contribution in [1.82, 2.24) is 15.2 Å². The molecule has 0 saturated heterocycles. The summed E-state index contributed by atoms with van der Waals surface area (Å²) in [6.45, 7) is 1.98. The second-order valence-electron chi connectivity index (χ2n) is 7.57. The molecule has 0 fully saturated rings. The van der Waals surface area contributed by atoms with Crippen LogP contribution in [0.1, 0.15) is 16.8 Å². The number of aryl methyl sites for hydroxylation is 1. The van der Waals surface area contributed by atoms with Crippen LogP contribution in [0, 0.1) is 12.7 Å². The molecule has 9 heteroatoms. The summed E-state index contributed by atoms with van der Waals surface area (Å²) in [5, 5.41) is 8.16. The summed E-state index contributed by atoms with van der Waals surface area (Å²) in [5.41, 5.74) is 8.63. The summed E-state index contributed by atoms with van der Waals surface area (Å²) in [7, 11) is 0. The highest BCUT2D eigenvalue weighted by molar-refractivity contribution is 5.86. The molecule has 0 saturated carbocycles. The Morgan fingerprint density at radius 1 is 1.06 bits per heavy atom. The van der Waals surface area contributed by atoms with Gasteiger partial charge in [0.2, 0.25) is 0 Å². The molecule has 0 amide bonds. The van der Waals surface area contributed by atoms with Gasteiger partial charge >= 0.3 is 6.18 Å². The number of ether oxygens (including phenoxy) is 1. The molecule has 2 aromatic heterocycles. The Hall–Kier alpha value is -3.46. The number of pyridine rings is 1. The SMILES string of the molecule is Cc1n[nH]c2ccc(-c3cncc(OC[C@@H](N)Cc4ccc(F)c(C(F)(F)F)c4)c3)cc12. The van der Waals surface area contributed by atoms with E-state index in [2.05, 4.69) is 15.2 Å². The number of aromatic nitrogens is 3. The summed E-state index contributed by atoms with van der Waals surface area (Å²) in [6.07, 6.45) is -1.41. The van der Waals surface area contributed by atoms with Crippen LogP contribution in [0.2, 0.25) is 0 Å². The van der Waals surface area contributed by atoms with Gasteiger partial charge in [0.05, 0.1) is 23.0 Å². The van der Waals surface area contributed by atoms with E-state index in [9.17, 15) is 17.6 Å². The number of nitrogens with one attached hydrogen (secondary N) is 1. The number of benzene rings is 2. The largest absolute Gasteiger partial charge is 0.490 e. The fourth-order valence-corrected chi connectivity index (χ4v) is 3.46. The molecule has 1 atom stereocenters.